The molecule has 31 heavy (non-hydrogen) atoms. The number of imidazole rings is 2. The summed E-state index contributed by atoms with van der Waals surface area (Å²) in [6.07, 6.45) is -0.187. The van der Waals surface area contributed by atoms with Crippen LogP contribution in [0.2, 0.25) is 10.0 Å². The molecule has 2 heterocycles. The fourth-order valence-electron chi connectivity index (χ4n) is 3.33. The van der Waals surface area contributed by atoms with Crippen LogP contribution in [0.25, 0.3) is 22.1 Å². The fraction of sp³-hybridized carbons (Fsp3) is 0.364. The van der Waals surface area contributed by atoms with Gasteiger partial charge in [-0.2, -0.15) is 0 Å². The van der Waals surface area contributed by atoms with E-state index in [1.807, 2.05) is 31.2 Å². The zero-order chi connectivity index (χ0) is 22.7. The highest BCUT2D eigenvalue weighted by Gasteiger charge is 2.19. The van der Waals surface area contributed by atoms with Crippen molar-refractivity contribution in [1.29, 1.82) is 0 Å². The highest BCUT2D eigenvalue weighted by molar-refractivity contribution is 6.31. The highest BCUT2D eigenvalue weighted by atomic mass is 35.5. The number of nitrogens with zero attached hydrogens (tertiary/aromatic N) is 2. The Hall–Kier alpha value is -2.16. The molecular weight excluding hydrogens is 437 g/mol. The lowest BCUT2D eigenvalue weighted by Crippen LogP contribution is -2.24. The van der Waals surface area contributed by atoms with Crippen LogP contribution in [-0.2, 0) is 0 Å². The number of halogens is 2. The lowest BCUT2D eigenvalue weighted by Gasteiger charge is -2.14. The van der Waals surface area contributed by atoms with Crippen molar-refractivity contribution in [3.63, 3.8) is 0 Å². The van der Waals surface area contributed by atoms with Gasteiger partial charge in [-0.1, -0.05) is 30.1 Å². The molecule has 7 nitrogen and oxygen atoms in total. The molecule has 0 bridgehead atoms. The van der Waals surface area contributed by atoms with Crippen LogP contribution in [0.3, 0.4) is 0 Å². The largest absolute Gasteiger partial charge is 0.393 e. The third-order valence-electron chi connectivity index (χ3n) is 5.13. The number of rotatable bonds is 5. The molecule has 0 saturated carbocycles. The van der Waals surface area contributed by atoms with Crippen molar-refractivity contribution in [1.82, 2.24) is 19.9 Å². The number of fused-ring (bicyclic) bond motifs is 2. The van der Waals surface area contributed by atoms with E-state index in [1.54, 1.807) is 26.0 Å². The lowest BCUT2D eigenvalue weighted by molar-refractivity contribution is 0.156. The maximum atomic E-state index is 9.66. The maximum absolute atomic E-state index is 9.66. The van der Waals surface area contributed by atoms with E-state index in [9.17, 15) is 10.2 Å². The van der Waals surface area contributed by atoms with Crippen molar-refractivity contribution in [3.8, 4) is 0 Å². The summed E-state index contributed by atoms with van der Waals surface area (Å²) in [6.45, 7) is 5.46. The molecule has 2 aromatic heterocycles. The van der Waals surface area contributed by atoms with Gasteiger partial charge in [-0.25, -0.2) is 9.97 Å². The molecule has 0 unspecified atom stereocenters. The topological polar surface area (TPSA) is 124 Å². The molecule has 9 heteroatoms. The maximum Gasteiger partial charge on any atom is 0.126 e. The number of aliphatic hydroxyl groups excluding tert-OH is 2. The smallest absolute Gasteiger partial charge is 0.126 e. The molecule has 0 amide bonds. The second-order valence-electron chi connectivity index (χ2n) is 7.59. The first-order valence-electron chi connectivity index (χ1n) is 10.1. The van der Waals surface area contributed by atoms with Crippen molar-refractivity contribution >= 4 is 45.3 Å². The van der Waals surface area contributed by atoms with Gasteiger partial charge in [-0.3, -0.25) is 0 Å². The molecular formula is C22H27Cl2N5O2. The van der Waals surface area contributed by atoms with E-state index in [0.717, 1.165) is 34.3 Å². The third kappa shape index (κ3) is 5.56. The number of aromatic amines is 2. The van der Waals surface area contributed by atoms with Gasteiger partial charge in [0, 0.05) is 16.0 Å². The van der Waals surface area contributed by atoms with E-state index in [1.165, 1.54) is 0 Å². The summed E-state index contributed by atoms with van der Waals surface area (Å²) in [7, 11) is 0. The highest BCUT2D eigenvalue weighted by Crippen LogP contribution is 2.25. The number of aromatic nitrogens is 4. The number of hydrogen-bond acceptors (Lipinski definition) is 5. The molecule has 0 aliphatic rings. The number of hydrogen-bond donors (Lipinski definition) is 5. The molecule has 4 atom stereocenters. The number of nitrogens with two attached hydrogens (primary N) is 1. The molecule has 0 aliphatic heterocycles. The van der Waals surface area contributed by atoms with E-state index >= 15 is 0 Å². The molecule has 0 saturated heterocycles. The van der Waals surface area contributed by atoms with Gasteiger partial charge >= 0.3 is 0 Å². The minimum absolute atomic E-state index is 0.0474. The third-order valence-corrected chi connectivity index (χ3v) is 5.60. The van der Waals surface area contributed by atoms with Crippen molar-refractivity contribution in [2.24, 2.45) is 5.73 Å². The Morgan fingerprint density at radius 1 is 0.871 bits per heavy atom. The van der Waals surface area contributed by atoms with Gasteiger partial charge in [0.25, 0.3) is 0 Å². The SMILES string of the molecule is CC[C@H](c1nc2ccc(Cl)cc2[nH]1)[C@@H](C)O.C[C@@H](O)[C@H](N)c1nc2ccc(Cl)cc2[nH]1. The molecule has 2 aromatic carbocycles. The minimum atomic E-state index is -0.638. The minimum Gasteiger partial charge on any atom is -0.393 e. The lowest BCUT2D eigenvalue weighted by atomic mass is 10.0. The van der Waals surface area contributed by atoms with Crippen LogP contribution in [-0.4, -0.2) is 42.4 Å². The van der Waals surface area contributed by atoms with Crippen LogP contribution < -0.4 is 5.73 Å². The van der Waals surface area contributed by atoms with Gasteiger partial charge in [-0.15, -0.1) is 0 Å². The van der Waals surface area contributed by atoms with Crippen molar-refractivity contribution in [3.05, 3.63) is 58.1 Å². The summed E-state index contributed by atoms with van der Waals surface area (Å²) < 4.78 is 0. The van der Waals surface area contributed by atoms with Crippen LogP contribution in [0.4, 0.5) is 0 Å². The zero-order valence-electron chi connectivity index (χ0n) is 17.6. The van der Waals surface area contributed by atoms with E-state index in [4.69, 9.17) is 28.9 Å². The molecule has 4 aromatic rings. The molecule has 0 fully saturated rings. The van der Waals surface area contributed by atoms with E-state index in [0.29, 0.717) is 15.9 Å². The summed E-state index contributed by atoms with van der Waals surface area (Å²) in [6, 6.07) is 10.4. The first-order valence-corrected chi connectivity index (χ1v) is 10.9. The van der Waals surface area contributed by atoms with Gasteiger partial charge in [0.15, 0.2) is 0 Å². The Morgan fingerprint density at radius 2 is 1.35 bits per heavy atom. The van der Waals surface area contributed by atoms with E-state index in [2.05, 4.69) is 19.9 Å². The first-order chi connectivity index (χ1) is 14.7. The second kappa shape index (κ2) is 9.97. The Labute approximate surface area is 190 Å². The molecule has 0 spiro atoms. The van der Waals surface area contributed by atoms with Gasteiger partial charge in [0.05, 0.1) is 40.3 Å². The summed E-state index contributed by atoms with van der Waals surface area (Å²) in [5.41, 5.74) is 9.19. The summed E-state index contributed by atoms with van der Waals surface area (Å²) >= 11 is 11.7. The summed E-state index contributed by atoms with van der Waals surface area (Å²) in [5, 5.41) is 20.3. The molecule has 166 valence electrons. The Bertz CT molecular complexity index is 1160. The number of H-pyrrole nitrogens is 2. The van der Waals surface area contributed by atoms with Crippen molar-refractivity contribution < 1.29 is 10.2 Å². The van der Waals surface area contributed by atoms with Crippen LogP contribution in [0.5, 0.6) is 0 Å². The molecule has 4 rings (SSSR count). The van der Waals surface area contributed by atoms with Gasteiger partial charge in [0.1, 0.15) is 11.6 Å². The summed E-state index contributed by atoms with van der Waals surface area (Å²) in [4.78, 5) is 15.0. The zero-order valence-corrected chi connectivity index (χ0v) is 19.1. The average Bonchev–Trinajstić information content (AvgIpc) is 3.31. The second-order valence-corrected chi connectivity index (χ2v) is 8.46. The van der Waals surface area contributed by atoms with Crippen LogP contribution in [0.15, 0.2) is 36.4 Å². The van der Waals surface area contributed by atoms with Gasteiger partial charge < -0.3 is 25.9 Å². The predicted molar refractivity (Wildman–Crippen MR) is 126 cm³/mol. The van der Waals surface area contributed by atoms with E-state index in [-0.39, 0.29) is 5.92 Å². The number of benzene rings is 2. The number of aliphatic hydroxyl groups is 2. The fourth-order valence-corrected chi connectivity index (χ4v) is 3.67. The molecule has 0 aliphatic carbocycles. The van der Waals surface area contributed by atoms with Crippen molar-refractivity contribution in [2.45, 2.75) is 51.4 Å². The monoisotopic (exact) mass is 463 g/mol. The average molecular weight is 464 g/mol. The van der Waals surface area contributed by atoms with E-state index < -0.39 is 18.2 Å². The Kier molecular flexibility index (Phi) is 7.56. The number of nitrogens with one attached hydrogen (secondary N) is 2. The Balaban J connectivity index is 0.000000176. The van der Waals surface area contributed by atoms with Gasteiger partial charge in [-0.05, 0) is 56.7 Å². The first kappa shape index (κ1) is 23.5. The predicted octanol–water partition coefficient (Wildman–Crippen LogP) is 4.69. The van der Waals surface area contributed by atoms with Crippen LogP contribution in [0, 0.1) is 0 Å². The van der Waals surface area contributed by atoms with Crippen molar-refractivity contribution in [2.75, 3.05) is 0 Å². The Morgan fingerprint density at radius 3 is 1.81 bits per heavy atom. The standard InChI is InChI=1S/C12H15ClN2O.C10H12ClN3O/c1-3-9(7(2)16)12-14-10-5-4-8(13)6-11(10)15-12;1-5(15)9(12)10-13-7-3-2-6(11)4-8(7)14-10/h4-7,9,16H,3H2,1-2H3,(H,14,15);2-5,9,15H,12H2,1H3,(H,13,14)/t7-,9+;5-,9+/m11/s1. The van der Waals surface area contributed by atoms with Crippen LogP contribution in [0.1, 0.15) is 50.8 Å². The normalized spacial score (nSPS) is 15.4. The van der Waals surface area contributed by atoms with Gasteiger partial charge in [0.2, 0.25) is 0 Å². The molecule has 0 radical (unpaired) electrons. The molecule has 6 N–H and O–H groups in total. The summed E-state index contributed by atoms with van der Waals surface area (Å²) in [5.74, 6) is 1.45. The quantitative estimate of drug-likeness (QED) is 0.293. The van der Waals surface area contributed by atoms with Crippen LogP contribution >= 0.6 is 23.2 Å².